The minimum atomic E-state index is -0.430. The molecule has 2 amide bonds. The Balaban J connectivity index is 1.83. The lowest BCUT2D eigenvalue weighted by molar-refractivity contribution is -0.120. The number of nitrogens with zero attached hydrogens (tertiary/aromatic N) is 1. The van der Waals surface area contributed by atoms with Gasteiger partial charge in [-0.25, -0.2) is 4.90 Å². The van der Waals surface area contributed by atoms with Crippen LogP contribution in [-0.4, -0.2) is 18.9 Å². The predicted molar refractivity (Wildman–Crippen MR) is 128 cm³/mol. The fourth-order valence-electron chi connectivity index (χ4n) is 3.72. The van der Waals surface area contributed by atoms with E-state index in [4.69, 9.17) is 16.3 Å². The number of amides is 2. The van der Waals surface area contributed by atoms with E-state index in [2.05, 4.69) is 5.32 Å². The summed E-state index contributed by atoms with van der Waals surface area (Å²) in [6.07, 6.45) is 0. The fraction of sp³-hybridized carbons (Fsp3) is 0.154. The molecule has 1 aliphatic rings. The van der Waals surface area contributed by atoms with Gasteiger partial charge in [-0.3, -0.25) is 9.59 Å². The molecule has 4 rings (SSSR count). The number of aryl methyl sites for hydroxylation is 3. The molecule has 5 nitrogen and oxygen atoms in total. The molecule has 3 aromatic rings. The Labute approximate surface area is 192 Å². The number of methoxy groups -OCH3 is 1. The van der Waals surface area contributed by atoms with Gasteiger partial charge in [0.05, 0.1) is 18.4 Å². The number of hydrogen-bond donors (Lipinski definition) is 1. The first-order chi connectivity index (χ1) is 15.3. The van der Waals surface area contributed by atoms with Crippen LogP contribution in [0.4, 0.5) is 11.4 Å². The van der Waals surface area contributed by atoms with E-state index in [1.807, 2.05) is 39.0 Å². The first-order valence-electron chi connectivity index (χ1n) is 10.2. The van der Waals surface area contributed by atoms with E-state index in [9.17, 15) is 9.59 Å². The molecule has 0 saturated carbocycles. The third-order valence-corrected chi connectivity index (χ3v) is 5.92. The van der Waals surface area contributed by atoms with Gasteiger partial charge in [-0.1, -0.05) is 47.5 Å². The summed E-state index contributed by atoms with van der Waals surface area (Å²) in [5.41, 5.74) is 5.30. The Morgan fingerprint density at radius 1 is 0.844 bits per heavy atom. The monoisotopic (exact) mass is 446 g/mol. The third kappa shape index (κ3) is 3.87. The van der Waals surface area contributed by atoms with Gasteiger partial charge in [-0.05, 0) is 67.8 Å². The molecule has 0 bridgehead atoms. The van der Waals surface area contributed by atoms with E-state index in [0.717, 1.165) is 27.3 Å². The Morgan fingerprint density at radius 2 is 1.56 bits per heavy atom. The van der Waals surface area contributed by atoms with Gasteiger partial charge in [-0.2, -0.15) is 0 Å². The zero-order chi connectivity index (χ0) is 23.0. The summed E-state index contributed by atoms with van der Waals surface area (Å²) in [4.78, 5) is 28.2. The lowest BCUT2D eigenvalue weighted by Gasteiger charge is -2.16. The highest BCUT2D eigenvalue weighted by Gasteiger charge is 2.40. The second-order valence-electron chi connectivity index (χ2n) is 7.80. The van der Waals surface area contributed by atoms with Crippen LogP contribution in [0.25, 0.3) is 5.57 Å². The molecule has 0 unspecified atom stereocenters. The van der Waals surface area contributed by atoms with Crippen LogP contribution >= 0.6 is 11.6 Å². The molecule has 0 atom stereocenters. The number of hydrogen-bond acceptors (Lipinski definition) is 4. The molecule has 0 radical (unpaired) electrons. The van der Waals surface area contributed by atoms with E-state index in [1.54, 1.807) is 49.6 Å². The number of halogens is 1. The number of nitrogens with one attached hydrogen (secondary N) is 1. The molecule has 0 fully saturated rings. The molecule has 0 aliphatic carbocycles. The number of ether oxygens (including phenoxy) is 1. The standard InChI is InChI=1S/C26H23ClN2O3/c1-15-5-12-22(17(3)13-15)28-24-23(18-7-10-20(32-4)11-8-18)25(30)29(26(24)31)19-9-6-16(2)21(27)14-19/h5-14,28H,1-4H3. The largest absolute Gasteiger partial charge is 0.497 e. The molecule has 0 spiro atoms. The van der Waals surface area contributed by atoms with Crippen LogP contribution in [0.3, 0.4) is 0 Å². The molecule has 3 aromatic carbocycles. The van der Waals surface area contributed by atoms with Gasteiger partial charge >= 0.3 is 0 Å². The predicted octanol–water partition coefficient (Wildman–Crippen LogP) is 5.67. The van der Waals surface area contributed by atoms with Crippen LogP contribution in [0.1, 0.15) is 22.3 Å². The summed E-state index contributed by atoms with van der Waals surface area (Å²) in [6, 6.07) is 18.1. The summed E-state index contributed by atoms with van der Waals surface area (Å²) in [6.45, 7) is 5.83. The van der Waals surface area contributed by atoms with Crippen LogP contribution in [-0.2, 0) is 9.59 Å². The van der Waals surface area contributed by atoms with Crippen LogP contribution < -0.4 is 15.0 Å². The summed E-state index contributed by atoms with van der Waals surface area (Å²) in [5, 5.41) is 3.71. The Kier molecular flexibility index (Phi) is 5.76. The SMILES string of the molecule is COc1ccc(C2=C(Nc3ccc(C)cc3C)C(=O)N(c3ccc(C)c(Cl)c3)C2=O)cc1. The Hall–Kier alpha value is -3.57. The third-order valence-electron chi connectivity index (χ3n) is 5.52. The summed E-state index contributed by atoms with van der Waals surface area (Å²) < 4.78 is 5.24. The van der Waals surface area contributed by atoms with Gasteiger partial charge in [0.25, 0.3) is 11.8 Å². The number of benzene rings is 3. The maximum Gasteiger partial charge on any atom is 0.282 e. The molecule has 0 aromatic heterocycles. The molecule has 6 heteroatoms. The Bertz CT molecular complexity index is 1260. The molecule has 1 heterocycles. The van der Waals surface area contributed by atoms with Gasteiger partial charge in [0, 0.05) is 10.7 Å². The van der Waals surface area contributed by atoms with Crippen molar-refractivity contribution in [3.63, 3.8) is 0 Å². The summed E-state index contributed by atoms with van der Waals surface area (Å²) in [7, 11) is 1.58. The molecular weight excluding hydrogens is 424 g/mol. The van der Waals surface area contributed by atoms with Crippen LogP contribution in [0.5, 0.6) is 5.75 Å². The number of imide groups is 1. The topological polar surface area (TPSA) is 58.6 Å². The minimum Gasteiger partial charge on any atom is -0.497 e. The zero-order valence-corrected chi connectivity index (χ0v) is 19.1. The highest BCUT2D eigenvalue weighted by atomic mass is 35.5. The number of carbonyl (C=O) groups is 2. The maximum absolute atomic E-state index is 13.5. The number of rotatable bonds is 5. The summed E-state index contributed by atoms with van der Waals surface area (Å²) in [5.74, 6) is -0.176. The number of anilines is 2. The van der Waals surface area contributed by atoms with E-state index in [1.165, 1.54) is 0 Å². The molecule has 1 N–H and O–H groups in total. The average molecular weight is 447 g/mol. The van der Waals surface area contributed by atoms with Crippen molar-refractivity contribution in [3.8, 4) is 5.75 Å². The highest BCUT2D eigenvalue weighted by molar-refractivity contribution is 6.46. The van der Waals surface area contributed by atoms with Gasteiger partial charge in [0.2, 0.25) is 0 Å². The smallest absolute Gasteiger partial charge is 0.282 e. The van der Waals surface area contributed by atoms with Gasteiger partial charge < -0.3 is 10.1 Å². The molecule has 0 saturated heterocycles. The second kappa shape index (κ2) is 8.52. The van der Waals surface area contributed by atoms with Crippen LogP contribution in [0, 0.1) is 20.8 Å². The van der Waals surface area contributed by atoms with E-state index >= 15 is 0 Å². The van der Waals surface area contributed by atoms with Crippen molar-refractivity contribution in [1.29, 1.82) is 0 Å². The van der Waals surface area contributed by atoms with E-state index in [-0.39, 0.29) is 5.70 Å². The van der Waals surface area contributed by atoms with Gasteiger partial charge in [0.15, 0.2) is 0 Å². The molecule has 32 heavy (non-hydrogen) atoms. The minimum absolute atomic E-state index is 0.226. The molecule has 162 valence electrons. The summed E-state index contributed by atoms with van der Waals surface area (Å²) >= 11 is 6.28. The van der Waals surface area contributed by atoms with E-state index < -0.39 is 11.8 Å². The van der Waals surface area contributed by atoms with Crippen molar-refractivity contribution in [2.45, 2.75) is 20.8 Å². The lowest BCUT2D eigenvalue weighted by atomic mass is 10.0. The van der Waals surface area contributed by atoms with Crippen molar-refractivity contribution >= 4 is 40.4 Å². The van der Waals surface area contributed by atoms with Gasteiger partial charge in [-0.15, -0.1) is 0 Å². The maximum atomic E-state index is 13.5. The first-order valence-corrected chi connectivity index (χ1v) is 10.6. The van der Waals surface area contributed by atoms with E-state index in [0.29, 0.717) is 27.6 Å². The van der Waals surface area contributed by atoms with Crippen molar-refractivity contribution in [2.75, 3.05) is 17.3 Å². The molecule has 1 aliphatic heterocycles. The quantitative estimate of drug-likeness (QED) is 0.513. The first kappa shape index (κ1) is 21.7. The highest BCUT2D eigenvalue weighted by Crippen LogP contribution is 2.36. The van der Waals surface area contributed by atoms with Crippen molar-refractivity contribution in [1.82, 2.24) is 0 Å². The van der Waals surface area contributed by atoms with Crippen molar-refractivity contribution < 1.29 is 14.3 Å². The second-order valence-corrected chi connectivity index (χ2v) is 8.21. The zero-order valence-electron chi connectivity index (χ0n) is 18.3. The average Bonchev–Trinajstić information content (AvgIpc) is 3.01. The van der Waals surface area contributed by atoms with Crippen LogP contribution in [0.2, 0.25) is 5.02 Å². The number of carbonyl (C=O) groups excluding carboxylic acids is 2. The van der Waals surface area contributed by atoms with Crippen LogP contribution in [0.15, 0.2) is 66.4 Å². The fourth-order valence-corrected chi connectivity index (χ4v) is 3.89. The molecular formula is C26H23ClN2O3. The normalized spacial score (nSPS) is 13.7. The Morgan fingerprint density at radius 3 is 2.19 bits per heavy atom. The van der Waals surface area contributed by atoms with Crippen molar-refractivity contribution in [3.05, 3.63) is 93.6 Å². The lowest BCUT2D eigenvalue weighted by Crippen LogP contribution is -2.32. The van der Waals surface area contributed by atoms with Crippen molar-refractivity contribution in [2.24, 2.45) is 0 Å². The van der Waals surface area contributed by atoms with Gasteiger partial charge in [0.1, 0.15) is 11.4 Å².